The molecule has 0 unspecified atom stereocenters. The number of pyridine rings is 1. The van der Waals surface area contributed by atoms with Crippen molar-refractivity contribution in [3.63, 3.8) is 0 Å². The van der Waals surface area contributed by atoms with Crippen molar-refractivity contribution in [3.05, 3.63) is 88.2 Å². The van der Waals surface area contributed by atoms with E-state index in [1.54, 1.807) is 30.6 Å². The van der Waals surface area contributed by atoms with E-state index in [0.29, 0.717) is 23.4 Å². The van der Waals surface area contributed by atoms with E-state index >= 15 is 0 Å². The van der Waals surface area contributed by atoms with Gasteiger partial charge in [0.15, 0.2) is 0 Å². The van der Waals surface area contributed by atoms with Gasteiger partial charge in [0.25, 0.3) is 11.8 Å². The largest absolute Gasteiger partial charge is 0.371 e. The SMILES string of the molecule is O=C(Nc1ccc(N2CCCCC2)c(C(=O)NCc2cccnc2)c1)c1cccc(Br)c1. The molecule has 1 aromatic heterocycles. The van der Waals surface area contributed by atoms with Crippen molar-refractivity contribution in [2.45, 2.75) is 25.8 Å². The summed E-state index contributed by atoms with van der Waals surface area (Å²) in [6.45, 7) is 2.24. The van der Waals surface area contributed by atoms with Gasteiger partial charge in [-0.25, -0.2) is 0 Å². The van der Waals surface area contributed by atoms with E-state index < -0.39 is 0 Å². The molecule has 0 radical (unpaired) electrons. The van der Waals surface area contributed by atoms with Crippen LogP contribution in [-0.2, 0) is 6.54 Å². The summed E-state index contributed by atoms with van der Waals surface area (Å²) < 4.78 is 0.834. The van der Waals surface area contributed by atoms with E-state index in [0.717, 1.165) is 41.7 Å². The zero-order chi connectivity index (χ0) is 22.3. The number of aromatic nitrogens is 1. The van der Waals surface area contributed by atoms with E-state index in [9.17, 15) is 9.59 Å². The zero-order valence-corrected chi connectivity index (χ0v) is 19.3. The molecule has 1 aliphatic rings. The van der Waals surface area contributed by atoms with Crippen molar-refractivity contribution >= 4 is 39.1 Å². The highest BCUT2D eigenvalue weighted by Crippen LogP contribution is 2.28. The van der Waals surface area contributed by atoms with Gasteiger partial charge in [-0.05, 0) is 67.3 Å². The van der Waals surface area contributed by atoms with Crippen LogP contribution in [-0.4, -0.2) is 29.9 Å². The van der Waals surface area contributed by atoms with Crippen LogP contribution >= 0.6 is 15.9 Å². The van der Waals surface area contributed by atoms with Gasteiger partial charge in [-0.2, -0.15) is 0 Å². The highest BCUT2D eigenvalue weighted by molar-refractivity contribution is 9.10. The number of halogens is 1. The summed E-state index contributed by atoms with van der Waals surface area (Å²) in [5.74, 6) is -0.397. The number of carbonyl (C=O) groups excluding carboxylic acids is 2. The number of rotatable bonds is 6. The Morgan fingerprint density at radius 3 is 2.56 bits per heavy atom. The highest BCUT2D eigenvalue weighted by Gasteiger charge is 2.20. The second-order valence-electron chi connectivity index (χ2n) is 7.79. The Morgan fingerprint density at radius 2 is 1.81 bits per heavy atom. The van der Waals surface area contributed by atoms with Crippen LogP contribution in [0.5, 0.6) is 0 Å². The molecule has 7 heteroatoms. The van der Waals surface area contributed by atoms with Crippen LogP contribution in [0.2, 0.25) is 0 Å². The molecular formula is C25H25BrN4O2. The number of nitrogens with zero attached hydrogens (tertiary/aromatic N) is 2. The predicted molar refractivity (Wildman–Crippen MR) is 130 cm³/mol. The number of hydrogen-bond donors (Lipinski definition) is 2. The van der Waals surface area contributed by atoms with Crippen LogP contribution in [0.4, 0.5) is 11.4 Å². The van der Waals surface area contributed by atoms with Crippen LogP contribution in [0, 0.1) is 0 Å². The zero-order valence-electron chi connectivity index (χ0n) is 17.7. The minimum absolute atomic E-state index is 0.173. The molecule has 2 amide bonds. The average molecular weight is 493 g/mol. The lowest BCUT2D eigenvalue weighted by Gasteiger charge is -2.30. The molecule has 2 N–H and O–H groups in total. The third kappa shape index (κ3) is 5.53. The number of amides is 2. The molecule has 4 rings (SSSR count). The molecule has 0 spiro atoms. The molecule has 2 heterocycles. The van der Waals surface area contributed by atoms with Crippen molar-refractivity contribution < 1.29 is 9.59 Å². The van der Waals surface area contributed by atoms with Gasteiger partial charge in [0.2, 0.25) is 0 Å². The van der Waals surface area contributed by atoms with Gasteiger partial charge in [0, 0.05) is 53.4 Å². The molecule has 3 aromatic rings. The molecule has 0 saturated carbocycles. The lowest BCUT2D eigenvalue weighted by atomic mass is 10.1. The molecule has 1 saturated heterocycles. The summed E-state index contributed by atoms with van der Waals surface area (Å²) >= 11 is 3.39. The second-order valence-corrected chi connectivity index (χ2v) is 8.70. The minimum atomic E-state index is -0.223. The van der Waals surface area contributed by atoms with E-state index in [1.165, 1.54) is 6.42 Å². The number of anilines is 2. The fraction of sp³-hybridized carbons (Fsp3) is 0.240. The van der Waals surface area contributed by atoms with Crippen LogP contribution in [0.25, 0.3) is 0 Å². The molecule has 32 heavy (non-hydrogen) atoms. The van der Waals surface area contributed by atoms with Crippen molar-refractivity contribution in [1.29, 1.82) is 0 Å². The van der Waals surface area contributed by atoms with E-state index in [4.69, 9.17) is 0 Å². The summed E-state index contributed by atoms with van der Waals surface area (Å²) in [5.41, 5.74) is 3.51. The fourth-order valence-corrected chi connectivity index (χ4v) is 4.22. The number of nitrogens with one attached hydrogen (secondary N) is 2. The summed E-state index contributed by atoms with van der Waals surface area (Å²) in [5, 5.41) is 5.91. The third-order valence-electron chi connectivity index (χ3n) is 5.46. The van der Waals surface area contributed by atoms with Crippen molar-refractivity contribution in [2.75, 3.05) is 23.3 Å². The maximum atomic E-state index is 13.2. The number of carbonyl (C=O) groups is 2. The minimum Gasteiger partial charge on any atom is -0.371 e. The maximum Gasteiger partial charge on any atom is 0.255 e. The van der Waals surface area contributed by atoms with Gasteiger partial charge in [-0.1, -0.05) is 28.1 Å². The molecule has 0 atom stereocenters. The normalized spacial score (nSPS) is 13.5. The molecular weight excluding hydrogens is 468 g/mol. The molecule has 0 bridgehead atoms. The molecule has 0 aliphatic carbocycles. The molecule has 1 aliphatic heterocycles. The second kappa shape index (κ2) is 10.4. The van der Waals surface area contributed by atoms with Gasteiger partial charge in [0.1, 0.15) is 0 Å². The first kappa shape index (κ1) is 22.0. The Morgan fingerprint density at radius 1 is 0.969 bits per heavy atom. The molecule has 1 fully saturated rings. The summed E-state index contributed by atoms with van der Waals surface area (Å²) in [4.78, 5) is 32.2. The summed E-state index contributed by atoms with van der Waals surface area (Å²) in [6.07, 6.45) is 6.87. The maximum absolute atomic E-state index is 13.2. The van der Waals surface area contributed by atoms with Crippen LogP contribution in [0.1, 0.15) is 45.5 Å². The first-order valence-corrected chi connectivity index (χ1v) is 11.5. The van der Waals surface area contributed by atoms with Gasteiger partial charge >= 0.3 is 0 Å². The lowest BCUT2D eigenvalue weighted by Crippen LogP contribution is -2.32. The van der Waals surface area contributed by atoms with Crippen molar-refractivity contribution in [1.82, 2.24) is 10.3 Å². The van der Waals surface area contributed by atoms with Crippen LogP contribution < -0.4 is 15.5 Å². The fourth-order valence-electron chi connectivity index (χ4n) is 3.82. The highest BCUT2D eigenvalue weighted by atomic mass is 79.9. The van der Waals surface area contributed by atoms with Gasteiger partial charge in [-0.15, -0.1) is 0 Å². The predicted octanol–water partition coefficient (Wildman–Crippen LogP) is 5.02. The number of benzene rings is 2. The quantitative estimate of drug-likeness (QED) is 0.506. The van der Waals surface area contributed by atoms with Gasteiger partial charge in [-0.3, -0.25) is 14.6 Å². The third-order valence-corrected chi connectivity index (χ3v) is 5.95. The summed E-state index contributed by atoms with van der Waals surface area (Å²) in [6, 6.07) is 16.5. The number of piperidine rings is 1. The first-order valence-electron chi connectivity index (χ1n) is 10.7. The monoisotopic (exact) mass is 492 g/mol. The Bertz CT molecular complexity index is 1100. The molecule has 164 valence electrons. The Hall–Kier alpha value is -3.19. The van der Waals surface area contributed by atoms with Crippen LogP contribution in [0.15, 0.2) is 71.5 Å². The van der Waals surface area contributed by atoms with Crippen molar-refractivity contribution in [3.8, 4) is 0 Å². The van der Waals surface area contributed by atoms with Gasteiger partial charge in [0.05, 0.1) is 5.56 Å². The van der Waals surface area contributed by atoms with E-state index in [-0.39, 0.29) is 11.8 Å². The Kier molecular flexibility index (Phi) is 7.17. The summed E-state index contributed by atoms with van der Waals surface area (Å²) in [7, 11) is 0. The van der Waals surface area contributed by atoms with E-state index in [1.807, 2.05) is 36.4 Å². The van der Waals surface area contributed by atoms with Crippen LogP contribution in [0.3, 0.4) is 0 Å². The number of hydrogen-bond acceptors (Lipinski definition) is 4. The standard InChI is InChI=1S/C25H25BrN4O2/c26-20-8-4-7-19(14-20)24(31)29-21-9-10-23(30-12-2-1-3-13-30)22(15-21)25(32)28-17-18-6-5-11-27-16-18/h4-11,14-16H,1-3,12-13,17H2,(H,28,32)(H,29,31). The van der Waals surface area contributed by atoms with E-state index in [2.05, 4.69) is 36.4 Å². The Labute approximate surface area is 196 Å². The Balaban J connectivity index is 1.57. The lowest BCUT2D eigenvalue weighted by molar-refractivity contribution is 0.0950. The average Bonchev–Trinajstić information content (AvgIpc) is 2.83. The van der Waals surface area contributed by atoms with Gasteiger partial charge < -0.3 is 15.5 Å². The van der Waals surface area contributed by atoms with Crippen molar-refractivity contribution in [2.24, 2.45) is 0 Å². The first-order chi connectivity index (χ1) is 15.6. The molecule has 2 aromatic carbocycles. The smallest absolute Gasteiger partial charge is 0.255 e. The molecule has 6 nitrogen and oxygen atoms in total. The topological polar surface area (TPSA) is 74.3 Å².